The summed E-state index contributed by atoms with van der Waals surface area (Å²) in [5.41, 5.74) is 1.25. The average molecular weight is 249 g/mol. The third-order valence-electron chi connectivity index (χ3n) is 4.00. The summed E-state index contributed by atoms with van der Waals surface area (Å²) in [6.07, 6.45) is 9.52. The van der Waals surface area contributed by atoms with Gasteiger partial charge in [-0.05, 0) is 32.6 Å². The molecule has 2 unspecified atom stereocenters. The van der Waals surface area contributed by atoms with E-state index in [9.17, 15) is 0 Å². The topological polar surface area (TPSA) is 39.1 Å². The van der Waals surface area contributed by atoms with Crippen LogP contribution in [0.2, 0.25) is 0 Å². The number of hydrogen-bond acceptors (Lipinski definition) is 3. The summed E-state index contributed by atoms with van der Waals surface area (Å²) < 4.78 is 7.98. The second-order valence-corrected chi connectivity index (χ2v) is 5.51. The number of aryl methyl sites for hydroxylation is 1. The first-order valence-corrected chi connectivity index (χ1v) is 7.24. The van der Waals surface area contributed by atoms with Crippen LogP contribution in [0.4, 0.5) is 0 Å². The Morgan fingerprint density at radius 3 is 3.06 bits per heavy atom. The first-order valence-electron chi connectivity index (χ1n) is 7.24. The van der Waals surface area contributed by atoms with Gasteiger partial charge in [0.2, 0.25) is 0 Å². The van der Waals surface area contributed by atoms with Gasteiger partial charge in [-0.1, -0.05) is 0 Å². The van der Waals surface area contributed by atoms with E-state index in [1.165, 1.54) is 31.2 Å². The number of nitrogens with zero attached hydrogens (tertiary/aromatic N) is 2. The molecule has 0 spiro atoms. The molecule has 2 atom stereocenters. The van der Waals surface area contributed by atoms with Gasteiger partial charge in [0.15, 0.2) is 0 Å². The lowest BCUT2D eigenvalue weighted by atomic mass is 9.91. The van der Waals surface area contributed by atoms with Gasteiger partial charge < -0.3 is 10.1 Å². The molecular weight excluding hydrogens is 226 g/mol. The van der Waals surface area contributed by atoms with Crippen molar-refractivity contribution in [1.82, 2.24) is 15.1 Å². The Balaban J connectivity index is 1.65. The molecule has 2 aliphatic rings. The number of ether oxygens (including phenoxy) is 1. The minimum atomic E-state index is 0.241. The van der Waals surface area contributed by atoms with Crippen LogP contribution in [0, 0.1) is 5.92 Å². The molecule has 1 aliphatic carbocycles. The largest absolute Gasteiger partial charge is 0.373 e. The molecule has 0 aromatic carbocycles. The summed E-state index contributed by atoms with van der Waals surface area (Å²) in [5.74, 6) is 0.605. The van der Waals surface area contributed by atoms with Gasteiger partial charge in [0, 0.05) is 43.4 Å². The molecule has 1 saturated heterocycles. The van der Waals surface area contributed by atoms with Crippen molar-refractivity contribution in [3.05, 3.63) is 18.0 Å². The number of hydrogen-bond donors (Lipinski definition) is 1. The number of rotatable bonds is 5. The first kappa shape index (κ1) is 12.2. The minimum absolute atomic E-state index is 0.241. The van der Waals surface area contributed by atoms with Gasteiger partial charge in [-0.3, -0.25) is 4.68 Å². The van der Waals surface area contributed by atoms with Crippen molar-refractivity contribution in [3.63, 3.8) is 0 Å². The highest BCUT2D eigenvalue weighted by Gasteiger charge is 2.30. The third-order valence-corrected chi connectivity index (χ3v) is 4.00. The van der Waals surface area contributed by atoms with Crippen LogP contribution < -0.4 is 5.32 Å². The lowest BCUT2D eigenvalue weighted by molar-refractivity contribution is -0.0279. The van der Waals surface area contributed by atoms with Crippen molar-refractivity contribution in [2.75, 3.05) is 13.2 Å². The number of nitrogens with one attached hydrogen (secondary N) is 1. The van der Waals surface area contributed by atoms with Crippen LogP contribution in [0.15, 0.2) is 12.4 Å². The molecule has 0 amide bonds. The zero-order valence-corrected chi connectivity index (χ0v) is 11.1. The zero-order valence-electron chi connectivity index (χ0n) is 11.1. The van der Waals surface area contributed by atoms with Crippen molar-refractivity contribution in [2.45, 2.75) is 51.3 Å². The molecule has 1 aliphatic heterocycles. The molecule has 1 saturated carbocycles. The van der Waals surface area contributed by atoms with E-state index in [2.05, 4.69) is 23.5 Å². The Bertz CT molecular complexity index is 386. The summed E-state index contributed by atoms with van der Waals surface area (Å²) in [7, 11) is 0. The monoisotopic (exact) mass is 249 g/mol. The smallest absolute Gasteiger partial charge is 0.0895 e. The Hall–Kier alpha value is -0.870. The van der Waals surface area contributed by atoms with Crippen molar-refractivity contribution in [2.24, 2.45) is 5.92 Å². The van der Waals surface area contributed by atoms with E-state index < -0.39 is 0 Å². The second-order valence-electron chi connectivity index (χ2n) is 5.51. The summed E-state index contributed by atoms with van der Waals surface area (Å²) in [5, 5.41) is 8.01. The molecule has 0 bridgehead atoms. The maximum Gasteiger partial charge on any atom is 0.0895 e. The van der Waals surface area contributed by atoms with Crippen LogP contribution >= 0.6 is 0 Å². The fourth-order valence-corrected chi connectivity index (χ4v) is 2.73. The second kappa shape index (κ2) is 5.41. The maximum absolute atomic E-state index is 5.99. The molecule has 4 nitrogen and oxygen atoms in total. The van der Waals surface area contributed by atoms with Gasteiger partial charge in [-0.2, -0.15) is 5.10 Å². The maximum atomic E-state index is 5.99. The predicted octanol–water partition coefficient (Wildman–Crippen LogP) is 2.12. The van der Waals surface area contributed by atoms with Gasteiger partial charge in [0.05, 0.1) is 12.3 Å². The van der Waals surface area contributed by atoms with Crippen LogP contribution in [0.5, 0.6) is 0 Å². The fourth-order valence-electron chi connectivity index (χ4n) is 2.73. The van der Waals surface area contributed by atoms with Crippen LogP contribution in [-0.4, -0.2) is 29.0 Å². The van der Waals surface area contributed by atoms with Crippen molar-refractivity contribution in [3.8, 4) is 0 Å². The van der Waals surface area contributed by atoms with E-state index in [4.69, 9.17) is 4.74 Å². The van der Waals surface area contributed by atoms with Crippen molar-refractivity contribution < 1.29 is 4.74 Å². The van der Waals surface area contributed by atoms with Gasteiger partial charge in [-0.25, -0.2) is 0 Å². The summed E-state index contributed by atoms with van der Waals surface area (Å²) >= 11 is 0. The Labute approximate surface area is 109 Å². The average Bonchev–Trinajstić information content (AvgIpc) is 3.12. The molecule has 1 N–H and O–H groups in total. The Kier molecular flexibility index (Phi) is 3.66. The van der Waals surface area contributed by atoms with Gasteiger partial charge in [0.1, 0.15) is 0 Å². The summed E-state index contributed by atoms with van der Waals surface area (Å²) in [6, 6.07) is 0.783. The highest BCUT2D eigenvalue weighted by Crippen LogP contribution is 2.33. The molecule has 1 aromatic heterocycles. The van der Waals surface area contributed by atoms with Crippen LogP contribution in [-0.2, 0) is 11.3 Å². The molecule has 0 radical (unpaired) electrons. The van der Waals surface area contributed by atoms with E-state index in [-0.39, 0.29) is 6.10 Å². The molecule has 100 valence electrons. The minimum Gasteiger partial charge on any atom is -0.373 e. The quantitative estimate of drug-likeness (QED) is 0.869. The molecule has 4 heteroatoms. The van der Waals surface area contributed by atoms with E-state index in [0.29, 0.717) is 5.92 Å². The molecule has 2 heterocycles. The van der Waals surface area contributed by atoms with E-state index in [1.807, 2.05) is 10.9 Å². The van der Waals surface area contributed by atoms with Crippen LogP contribution in [0.25, 0.3) is 0 Å². The van der Waals surface area contributed by atoms with Crippen molar-refractivity contribution in [1.29, 1.82) is 0 Å². The zero-order chi connectivity index (χ0) is 12.4. The summed E-state index contributed by atoms with van der Waals surface area (Å²) in [4.78, 5) is 0. The standard InChI is InChI=1S/C14H23N3O/c1-2-17-10-12(9-16-17)14-11(4-3-7-18-14)8-15-13-5-6-13/h9-11,13-15H,2-8H2,1H3. The van der Waals surface area contributed by atoms with E-state index in [0.717, 1.165) is 25.7 Å². The highest BCUT2D eigenvalue weighted by atomic mass is 16.5. The molecular formula is C14H23N3O. The molecule has 2 fully saturated rings. The first-order chi connectivity index (χ1) is 8.86. The van der Waals surface area contributed by atoms with Gasteiger partial charge in [0.25, 0.3) is 0 Å². The number of aromatic nitrogens is 2. The SMILES string of the molecule is CCn1cc(C2OCCCC2CNC2CC2)cn1. The highest BCUT2D eigenvalue weighted by molar-refractivity contribution is 5.11. The van der Waals surface area contributed by atoms with Gasteiger partial charge in [-0.15, -0.1) is 0 Å². The lowest BCUT2D eigenvalue weighted by Gasteiger charge is -2.31. The lowest BCUT2D eigenvalue weighted by Crippen LogP contribution is -2.32. The van der Waals surface area contributed by atoms with Gasteiger partial charge >= 0.3 is 0 Å². The normalized spacial score (nSPS) is 28.5. The van der Waals surface area contributed by atoms with Crippen LogP contribution in [0.1, 0.15) is 44.3 Å². The Morgan fingerprint density at radius 2 is 2.33 bits per heavy atom. The summed E-state index contributed by atoms with van der Waals surface area (Å²) in [6.45, 7) is 5.02. The fraction of sp³-hybridized carbons (Fsp3) is 0.786. The molecule has 18 heavy (non-hydrogen) atoms. The Morgan fingerprint density at radius 1 is 1.44 bits per heavy atom. The molecule has 3 rings (SSSR count). The predicted molar refractivity (Wildman–Crippen MR) is 70.3 cm³/mol. The van der Waals surface area contributed by atoms with E-state index in [1.54, 1.807) is 0 Å². The van der Waals surface area contributed by atoms with Crippen molar-refractivity contribution >= 4 is 0 Å². The molecule has 1 aromatic rings. The van der Waals surface area contributed by atoms with E-state index >= 15 is 0 Å². The third kappa shape index (κ3) is 2.75. The van der Waals surface area contributed by atoms with Crippen LogP contribution in [0.3, 0.4) is 0 Å².